The maximum atomic E-state index is 12.5. The smallest absolute Gasteiger partial charge is 0.410 e. The lowest BCUT2D eigenvalue weighted by atomic mass is 9.90. The van der Waals surface area contributed by atoms with Gasteiger partial charge in [0.15, 0.2) is 5.82 Å². The van der Waals surface area contributed by atoms with E-state index in [1.165, 1.54) is 0 Å². The van der Waals surface area contributed by atoms with Gasteiger partial charge < -0.3 is 20.3 Å². The highest BCUT2D eigenvalue weighted by molar-refractivity contribution is 6.32. The maximum absolute atomic E-state index is 12.5. The molecule has 1 fully saturated rings. The highest BCUT2D eigenvalue weighted by Gasteiger charge is 2.33. The van der Waals surface area contributed by atoms with Crippen LogP contribution in [-0.4, -0.2) is 55.5 Å². The fraction of sp³-hybridized carbons (Fsp3) is 0.619. The SMILES string of the molecule is CCC1CN(C(=O)OC(C)(C)C)CCC1Nc1nc(Nc2cn(C)nc2C)ncc1Cl. The van der Waals surface area contributed by atoms with Crippen molar-refractivity contribution >= 4 is 35.1 Å². The second-order valence-electron chi connectivity index (χ2n) is 8.95. The molecule has 0 saturated carbocycles. The molecule has 2 unspecified atom stereocenters. The summed E-state index contributed by atoms with van der Waals surface area (Å²) in [6.07, 6.45) is 4.90. The molecule has 1 saturated heterocycles. The van der Waals surface area contributed by atoms with E-state index in [0.29, 0.717) is 29.9 Å². The van der Waals surface area contributed by atoms with Gasteiger partial charge in [0.25, 0.3) is 0 Å². The molecule has 0 radical (unpaired) electrons. The van der Waals surface area contributed by atoms with E-state index in [2.05, 4.69) is 32.6 Å². The summed E-state index contributed by atoms with van der Waals surface area (Å²) in [4.78, 5) is 23.1. The first-order valence-electron chi connectivity index (χ1n) is 10.6. The number of piperidine rings is 1. The van der Waals surface area contributed by atoms with Gasteiger partial charge in [0.2, 0.25) is 5.95 Å². The predicted molar refractivity (Wildman–Crippen MR) is 122 cm³/mol. The van der Waals surface area contributed by atoms with E-state index in [1.54, 1.807) is 15.8 Å². The molecule has 31 heavy (non-hydrogen) atoms. The van der Waals surface area contributed by atoms with Gasteiger partial charge >= 0.3 is 6.09 Å². The van der Waals surface area contributed by atoms with E-state index in [4.69, 9.17) is 16.3 Å². The molecule has 2 aromatic heterocycles. The molecule has 2 N–H and O–H groups in total. The van der Waals surface area contributed by atoms with Crippen molar-refractivity contribution in [3.8, 4) is 0 Å². The van der Waals surface area contributed by atoms with E-state index >= 15 is 0 Å². The molecule has 170 valence electrons. The summed E-state index contributed by atoms with van der Waals surface area (Å²) in [6, 6.07) is 0.143. The summed E-state index contributed by atoms with van der Waals surface area (Å²) < 4.78 is 7.27. The number of hydrogen-bond donors (Lipinski definition) is 2. The molecule has 0 aromatic carbocycles. The Morgan fingerprint density at radius 3 is 2.74 bits per heavy atom. The van der Waals surface area contributed by atoms with Gasteiger partial charge in [-0.1, -0.05) is 18.5 Å². The number of carbonyl (C=O) groups is 1. The normalized spacial score (nSPS) is 19.3. The van der Waals surface area contributed by atoms with Crippen LogP contribution in [0.2, 0.25) is 5.02 Å². The molecule has 0 spiro atoms. The Labute approximate surface area is 188 Å². The van der Waals surface area contributed by atoms with Crippen LogP contribution < -0.4 is 10.6 Å². The lowest BCUT2D eigenvalue weighted by Crippen LogP contribution is -2.49. The number of hydrogen-bond acceptors (Lipinski definition) is 7. The molecule has 1 aliphatic rings. The first-order chi connectivity index (χ1) is 14.6. The van der Waals surface area contributed by atoms with Crippen molar-refractivity contribution in [1.29, 1.82) is 0 Å². The highest BCUT2D eigenvalue weighted by atomic mass is 35.5. The van der Waals surface area contributed by atoms with E-state index in [9.17, 15) is 4.79 Å². The number of halogens is 1. The molecule has 2 aromatic rings. The fourth-order valence-electron chi connectivity index (χ4n) is 3.68. The topological polar surface area (TPSA) is 97.2 Å². The molecule has 10 heteroatoms. The summed E-state index contributed by atoms with van der Waals surface area (Å²) in [5.74, 6) is 1.28. The van der Waals surface area contributed by atoms with Crippen LogP contribution in [0, 0.1) is 12.8 Å². The molecule has 0 bridgehead atoms. The van der Waals surface area contributed by atoms with E-state index in [-0.39, 0.29) is 18.1 Å². The monoisotopic (exact) mass is 449 g/mol. The highest BCUT2D eigenvalue weighted by Crippen LogP contribution is 2.28. The van der Waals surface area contributed by atoms with Gasteiger partial charge in [0.05, 0.1) is 17.6 Å². The molecule has 9 nitrogen and oxygen atoms in total. The van der Waals surface area contributed by atoms with Crippen molar-refractivity contribution in [3.05, 3.63) is 23.1 Å². The van der Waals surface area contributed by atoms with Crippen LogP contribution in [0.4, 0.5) is 22.2 Å². The third-order valence-corrected chi connectivity index (χ3v) is 5.51. The first kappa shape index (κ1) is 23.1. The van der Waals surface area contributed by atoms with Crippen molar-refractivity contribution in [2.45, 2.75) is 59.1 Å². The molecule has 0 aliphatic carbocycles. The van der Waals surface area contributed by atoms with Gasteiger partial charge in [-0.15, -0.1) is 0 Å². The Hall–Kier alpha value is -2.55. The third-order valence-electron chi connectivity index (χ3n) is 5.24. The minimum absolute atomic E-state index is 0.143. The maximum Gasteiger partial charge on any atom is 0.410 e. The quantitative estimate of drug-likeness (QED) is 0.699. The summed E-state index contributed by atoms with van der Waals surface area (Å²) in [7, 11) is 1.86. The second kappa shape index (κ2) is 9.30. The molecule has 3 heterocycles. The second-order valence-corrected chi connectivity index (χ2v) is 9.36. The molecule has 3 rings (SSSR count). The zero-order valence-electron chi connectivity index (χ0n) is 19.1. The molecular weight excluding hydrogens is 418 g/mol. The van der Waals surface area contributed by atoms with Crippen LogP contribution in [0.3, 0.4) is 0 Å². The number of aryl methyl sites for hydroxylation is 2. The Kier molecular flexibility index (Phi) is 6.93. The Morgan fingerprint density at radius 1 is 1.39 bits per heavy atom. The fourth-order valence-corrected chi connectivity index (χ4v) is 3.82. The van der Waals surface area contributed by atoms with Gasteiger partial charge in [-0.25, -0.2) is 9.78 Å². The van der Waals surface area contributed by atoms with E-state index in [1.807, 2.05) is 40.9 Å². The summed E-state index contributed by atoms with van der Waals surface area (Å²) in [6.45, 7) is 10.9. The van der Waals surface area contributed by atoms with E-state index < -0.39 is 5.60 Å². The van der Waals surface area contributed by atoms with Crippen LogP contribution in [0.25, 0.3) is 0 Å². The molecule has 2 atom stereocenters. The van der Waals surface area contributed by atoms with Crippen molar-refractivity contribution < 1.29 is 9.53 Å². The summed E-state index contributed by atoms with van der Waals surface area (Å²) in [5, 5.41) is 11.5. The largest absolute Gasteiger partial charge is 0.444 e. The number of aromatic nitrogens is 4. The number of carbonyl (C=O) groups excluding carboxylic acids is 1. The van der Waals surface area contributed by atoms with Gasteiger partial charge in [-0.05, 0) is 46.5 Å². The number of rotatable bonds is 5. The average Bonchev–Trinajstić information content (AvgIpc) is 3.00. The van der Waals surface area contributed by atoms with Crippen LogP contribution in [0.5, 0.6) is 0 Å². The number of nitrogens with zero attached hydrogens (tertiary/aromatic N) is 5. The Bertz CT molecular complexity index is 925. The Balaban J connectivity index is 1.69. The average molecular weight is 450 g/mol. The van der Waals surface area contributed by atoms with Crippen molar-refractivity contribution in [2.24, 2.45) is 13.0 Å². The third kappa shape index (κ3) is 6.00. The number of ether oxygens (including phenoxy) is 1. The minimum Gasteiger partial charge on any atom is -0.444 e. The van der Waals surface area contributed by atoms with Crippen LogP contribution in [-0.2, 0) is 11.8 Å². The van der Waals surface area contributed by atoms with Gasteiger partial charge in [-0.3, -0.25) is 4.68 Å². The summed E-state index contributed by atoms with van der Waals surface area (Å²) >= 11 is 6.38. The molecule has 1 amide bonds. The van der Waals surface area contributed by atoms with Crippen molar-refractivity contribution in [1.82, 2.24) is 24.6 Å². The van der Waals surface area contributed by atoms with Crippen molar-refractivity contribution in [2.75, 3.05) is 23.7 Å². The Morgan fingerprint density at radius 2 is 2.13 bits per heavy atom. The zero-order chi connectivity index (χ0) is 22.8. The van der Waals surface area contributed by atoms with Crippen LogP contribution >= 0.6 is 11.6 Å². The lowest BCUT2D eigenvalue weighted by Gasteiger charge is -2.39. The zero-order valence-corrected chi connectivity index (χ0v) is 19.8. The van der Waals surface area contributed by atoms with Crippen molar-refractivity contribution in [3.63, 3.8) is 0 Å². The summed E-state index contributed by atoms with van der Waals surface area (Å²) in [5.41, 5.74) is 1.20. The molecule has 1 aliphatic heterocycles. The van der Waals surface area contributed by atoms with Gasteiger partial charge in [-0.2, -0.15) is 10.1 Å². The van der Waals surface area contributed by atoms with Gasteiger partial charge in [0, 0.05) is 32.4 Å². The van der Waals surface area contributed by atoms with Crippen LogP contribution in [0.15, 0.2) is 12.4 Å². The molecular formula is C21H32ClN7O2. The minimum atomic E-state index is -0.502. The number of amides is 1. The predicted octanol–water partition coefficient (Wildman–Crippen LogP) is 4.36. The first-order valence-corrected chi connectivity index (χ1v) is 11.0. The van der Waals surface area contributed by atoms with E-state index in [0.717, 1.165) is 24.2 Å². The van der Waals surface area contributed by atoms with Crippen LogP contribution in [0.1, 0.15) is 46.2 Å². The number of likely N-dealkylation sites (tertiary alicyclic amines) is 1. The number of anilines is 3. The van der Waals surface area contributed by atoms with Gasteiger partial charge in [0.1, 0.15) is 10.6 Å². The lowest BCUT2D eigenvalue weighted by molar-refractivity contribution is 0.0153. The standard InChI is InChI=1S/C21H32ClN7O2/c1-7-14-11-29(20(30)31-21(3,4)5)9-8-16(14)24-18-15(22)10-23-19(26-18)25-17-12-28(6)27-13(17)2/h10,12,14,16H,7-9,11H2,1-6H3,(H2,23,24,25,26). The number of nitrogens with one attached hydrogen (secondary N) is 2.